The fourth-order valence-corrected chi connectivity index (χ4v) is 0.459. The van der Waals surface area contributed by atoms with Crippen LogP contribution in [0.2, 0.25) is 0 Å². The summed E-state index contributed by atoms with van der Waals surface area (Å²) in [5.74, 6) is -1.07. The third kappa shape index (κ3) is 6.60. The van der Waals surface area contributed by atoms with E-state index in [-0.39, 0.29) is 6.54 Å². The summed E-state index contributed by atoms with van der Waals surface area (Å²) < 4.78 is 0. The molecule has 2 amide bonds. The minimum absolute atomic E-state index is 0.369. The van der Waals surface area contributed by atoms with E-state index < -0.39 is 12.0 Å². The molecule has 0 aromatic rings. The lowest BCUT2D eigenvalue weighted by Gasteiger charge is -1.99. The second-order valence-corrected chi connectivity index (χ2v) is 2.03. The number of carboxylic acids is 1. The number of amides is 2. The summed E-state index contributed by atoms with van der Waals surface area (Å²) >= 11 is 0. The van der Waals surface area contributed by atoms with Gasteiger partial charge in [0.05, 0.1) is 0 Å². The maximum atomic E-state index is 10.7. The van der Waals surface area contributed by atoms with Gasteiger partial charge in [0.1, 0.15) is 6.54 Å². The lowest BCUT2D eigenvalue weighted by atomic mass is 10.5. The SMILES string of the molecule is CC/C=C/NC(=O)NCC(=O)O. The molecule has 0 radical (unpaired) electrons. The van der Waals surface area contributed by atoms with Crippen LogP contribution in [0, 0.1) is 0 Å². The first-order chi connectivity index (χ1) is 5.66. The number of hydrogen-bond acceptors (Lipinski definition) is 2. The number of nitrogens with one attached hydrogen (secondary N) is 2. The van der Waals surface area contributed by atoms with Gasteiger partial charge < -0.3 is 15.7 Å². The second kappa shape index (κ2) is 6.21. The lowest BCUT2D eigenvalue weighted by molar-refractivity contribution is -0.135. The normalized spacial score (nSPS) is 9.75. The van der Waals surface area contributed by atoms with Crippen molar-refractivity contribution < 1.29 is 14.7 Å². The molecular weight excluding hydrogens is 160 g/mol. The lowest BCUT2D eigenvalue weighted by Crippen LogP contribution is -2.35. The van der Waals surface area contributed by atoms with Crippen molar-refractivity contribution in [2.24, 2.45) is 0 Å². The zero-order valence-corrected chi connectivity index (χ0v) is 6.83. The molecule has 0 rings (SSSR count). The van der Waals surface area contributed by atoms with Crippen LogP contribution >= 0.6 is 0 Å². The first-order valence-corrected chi connectivity index (χ1v) is 3.58. The fourth-order valence-electron chi connectivity index (χ4n) is 0.459. The van der Waals surface area contributed by atoms with Gasteiger partial charge in [-0.25, -0.2) is 4.79 Å². The zero-order valence-electron chi connectivity index (χ0n) is 6.83. The van der Waals surface area contributed by atoms with Gasteiger partial charge in [-0.3, -0.25) is 4.79 Å². The van der Waals surface area contributed by atoms with Crippen LogP contribution < -0.4 is 10.6 Å². The molecule has 5 heteroatoms. The molecule has 3 N–H and O–H groups in total. The summed E-state index contributed by atoms with van der Waals surface area (Å²) in [5, 5.41) is 12.7. The first-order valence-electron chi connectivity index (χ1n) is 3.58. The van der Waals surface area contributed by atoms with Crippen LogP contribution in [0.4, 0.5) is 4.79 Å². The van der Waals surface area contributed by atoms with Gasteiger partial charge in [0, 0.05) is 6.20 Å². The van der Waals surface area contributed by atoms with Crippen LogP contribution in [0.1, 0.15) is 13.3 Å². The van der Waals surface area contributed by atoms with Gasteiger partial charge in [0.15, 0.2) is 0 Å². The van der Waals surface area contributed by atoms with E-state index in [0.29, 0.717) is 0 Å². The van der Waals surface area contributed by atoms with E-state index in [0.717, 1.165) is 6.42 Å². The van der Waals surface area contributed by atoms with Crippen LogP contribution in [-0.2, 0) is 4.79 Å². The summed E-state index contributed by atoms with van der Waals surface area (Å²) in [6.07, 6.45) is 4.04. The molecule has 0 aliphatic heterocycles. The zero-order chi connectivity index (χ0) is 9.40. The second-order valence-electron chi connectivity index (χ2n) is 2.03. The number of rotatable bonds is 4. The van der Waals surface area contributed by atoms with E-state index in [1.54, 1.807) is 6.08 Å². The topological polar surface area (TPSA) is 78.4 Å². The Kier molecular flexibility index (Phi) is 5.42. The van der Waals surface area contributed by atoms with Crippen molar-refractivity contribution in [3.63, 3.8) is 0 Å². The van der Waals surface area contributed by atoms with Crippen molar-refractivity contribution in [3.8, 4) is 0 Å². The molecule has 5 nitrogen and oxygen atoms in total. The van der Waals surface area contributed by atoms with E-state index in [1.165, 1.54) is 6.20 Å². The third-order valence-electron chi connectivity index (χ3n) is 0.968. The van der Waals surface area contributed by atoms with Crippen LogP contribution in [-0.4, -0.2) is 23.7 Å². The van der Waals surface area contributed by atoms with Crippen molar-refractivity contribution in [3.05, 3.63) is 12.3 Å². The Morgan fingerprint density at radius 1 is 1.50 bits per heavy atom. The molecule has 0 aromatic carbocycles. The van der Waals surface area contributed by atoms with E-state index in [9.17, 15) is 9.59 Å². The van der Waals surface area contributed by atoms with Gasteiger partial charge in [0.2, 0.25) is 0 Å². The molecule has 0 spiro atoms. The molecule has 0 aromatic heterocycles. The Bertz CT molecular complexity index is 189. The summed E-state index contributed by atoms with van der Waals surface area (Å²) in [5.41, 5.74) is 0. The van der Waals surface area contributed by atoms with E-state index >= 15 is 0 Å². The average molecular weight is 172 g/mol. The van der Waals surface area contributed by atoms with Crippen molar-refractivity contribution in [2.45, 2.75) is 13.3 Å². The molecule has 0 aliphatic carbocycles. The van der Waals surface area contributed by atoms with Gasteiger partial charge in [-0.2, -0.15) is 0 Å². The van der Waals surface area contributed by atoms with Crippen LogP contribution in [0.25, 0.3) is 0 Å². The number of carbonyl (C=O) groups is 2. The molecule has 68 valence electrons. The standard InChI is InChI=1S/C7H12N2O3/c1-2-3-4-8-7(12)9-5-6(10)11/h3-4H,2,5H2,1H3,(H,10,11)(H2,8,9,12)/b4-3+. The number of allylic oxidation sites excluding steroid dienone is 1. The molecule has 0 atom stereocenters. The fraction of sp³-hybridized carbons (Fsp3) is 0.429. The Morgan fingerprint density at radius 3 is 2.67 bits per heavy atom. The Labute approximate surface area is 70.5 Å². The smallest absolute Gasteiger partial charge is 0.323 e. The Balaban J connectivity index is 3.46. The van der Waals surface area contributed by atoms with E-state index in [4.69, 9.17) is 5.11 Å². The molecule has 0 unspecified atom stereocenters. The van der Waals surface area contributed by atoms with Crippen LogP contribution in [0.3, 0.4) is 0 Å². The molecule has 0 fully saturated rings. The Morgan fingerprint density at radius 2 is 2.17 bits per heavy atom. The number of carbonyl (C=O) groups excluding carboxylic acids is 1. The highest BCUT2D eigenvalue weighted by Gasteiger charge is 1.99. The van der Waals surface area contributed by atoms with Crippen LogP contribution in [0.15, 0.2) is 12.3 Å². The largest absolute Gasteiger partial charge is 0.480 e. The maximum absolute atomic E-state index is 10.7. The van der Waals surface area contributed by atoms with Gasteiger partial charge >= 0.3 is 12.0 Å². The number of urea groups is 1. The monoisotopic (exact) mass is 172 g/mol. The van der Waals surface area contributed by atoms with Gasteiger partial charge in [-0.05, 0) is 6.42 Å². The van der Waals surface area contributed by atoms with E-state index in [2.05, 4.69) is 10.6 Å². The summed E-state index contributed by atoms with van der Waals surface area (Å²) in [7, 11) is 0. The van der Waals surface area contributed by atoms with Gasteiger partial charge in [-0.1, -0.05) is 13.0 Å². The molecule has 0 saturated carbocycles. The van der Waals surface area contributed by atoms with Crippen molar-refractivity contribution in [2.75, 3.05) is 6.54 Å². The van der Waals surface area contributed by atoms with Gasteiger partial charge in [0.25, 0.3) is 0 Å². The quantitative estimate of drug-likeness (QED) is 0.570. The van der Waals surface area contributed by atoms with Crippen LogP contribution in [0.5, 0.6) is 0 Å². The third-order valence-corrected chi connectivity index (χ3v) is 0.968. The highest BCUT2D eigenvalue weighted by atomic mass is 16.4. The number of hydrogen-bond donors (Lipinski definition) is 3. The molecule has 0 bridgehead atoms. The van der Waals surface area contributed by atoms with E-state index in [1.807, 2.05) is 6.92 Å². The summed E-state index contributed by atoms with van der Waals surface area (Å²) in [6, 6.07) is -0.512. The molecule has 0 aliphatic rings. The predicted octanol–water partition coefficient (Wildman–Crippen LogP) is 0.294. The first kappa shape index (κ1) is 10.5. The molecular formula is C7H12N2O3. The van der Waals surface area contributed by atoms with Crippen molar-refractivity contribution in [1.29, 1.82) is 0 Å². The highest BCUT2D eigenvalue weighted by molar-refractivity contribution is 5.80. The summed E-state index contributed by atoms with van der Waals surface area (Å²) in [6.45, 7) is 1.55. The van der Waals surface area contributed by atoms with Gasteiger partial charge in [-0.15, -0.1) is 0 Å². The van der Waals surface area contributed by atoms with Crippen molar-refractivity contribution >= 4 is 12.0 Å². The molecule has 0 saturated heterocycles. The predicted molar refractivity (Wildman–Crippen MR) is 43.6 cm³/mol. The maximum Gasteiger partial charge on any atom is 0.323 e. The minimum atomic E-state index is -1.07. The Hall–Kier alpha value is -1.52. The number of carboxylic acid groups (broad SMARTS) is 1. The molecule has 0 heterocycles. The summed E-state index contributed by atoms with van der Waals surface area (Å²) in [4.78, 5) is 20.7. The number of aliphatic carboxylic acids is 1. The van der Waals surface area contributed by atoms with Crippen molar-refractivity contribution in [1.82, 2.24) is 10.6 Å². The molecule has 12 heavy (non-hydrogen) atoms. The highest BCUT2D eigenvalue weighted by Crippen LogP contribution is 1.75. The minimum Gasteiger partial charge on any atom is -0.480 e. The average Bonchev–Trinajstić information content (AvgIpc) is 2.01.